The highest BCUT2D eigenvalue weighted by Crippen LogP contribution is 2.37. The Balaban J connectivity index is 1.47. The second-order valence-corrected chi connectivity index (χ2v) is 10.9. The van der Waals surface area contributed by atoms with Crippen molar-refractivity contribution >= 4 is 27.8 Å². The summed E-state index contributed by atoms with van der Waals surface area (Å²) in [5.74, 6) is -0.180. The van der Waals surface area contributed by atoms with E-state index in [9.17, 15) is 18.0 Å². The van der Waals surface area contributed by atoms with E-state index in [-0.39, 0.29) is 16.8 Å². The smallest absolute Gasteiger partial charge is 0.378 e. The van der Waals surface area contributed by atoms with Crippen LogP contribution < -0.4 is 10.6 Å². The fourth-order valence-electron chi connectivity index (χ4n) is 5.89. The largest absolute Gasteiger partial charge is 0.408 e. The highest BCUT2D eigenvalue weighted by Gasteiger charge is 2.29. The number of ether oxygens (including phenoxy) is 1. The molecule has 0 bridgehead atoms. The summed E-state index contributed by atoms with van der Waals surface area (Å²) in [7, 11) is 5.25. The molecule has 0 radical (unpaired) electrons. The van der Waals surface area contributed by atoms with Gasteiger partial charge in [-0.05, 0) is 18.2 Å². The van der Waals surface area contributed by atoms with Gasteiger partial charge in [0, 0.05) is 57.6 Å². The lowest BCUT2D eigenvalue weighted by Crippen LogP contribution is -2.36. The Bertz CT molecular complexity index is 2110. The molecule has 0 N–H and O–H groups in total. The lowest BCUT2D eigenvalue weighted by Gasteiger charge is -2.30. The van der Waals surface area contributed by atoms with Gasteiger partial charge in [-0.25, -0.2) is 19.2 Å². The summed E-state index contributed by atoms with van der Waals surface area (Å²) in [6.45, 7) is 1.04. The minimum atomic E-state index is -4.47. The van der Waals surface area contributed by atoms with Gasteiger partial charge >= 0.3 is 11.9 Å². The summed E-state index contributed by atoms with van der Waals surface area (Å²) < 4.78 is 67.7. The van der Waals surface area contributed by atoms with Crippen LogP contribution in [0, 0.1) is 5.82 Å². The monoisotopic (exact) mass is 609 g/mol. The number of hydrogen-bond donors (Lipinski definition) is 0. The van der Waals surface area contributed by atoms with Gasteiger partial charge in [0.15, 0.2) is 5.82 Å². The van der Waals surface area contributed by atoms with E-state index in [1.807, 2.05) is 23.7 Å². The number of alkyl halides is 3. The fraction of sp³-hybridized carbons (Fsp3) is 0.310. The van der Waals surface area contributed by atoms with Crippen molar-refractivity contribution in [2.75, 3.05) is 31.2 Å². The quantitative estimate of drug-likeness (QED) is 0.274. The van der Waals surface area contributed by atoms with Crippen molar-refractivity contribution < 1.29 is 22.3 Å². The molecule has 0 unspecified atom stereocenters. The topological polar surface area (TPSA) is 92.9 Å². The first kappa shape index (κ1) is 27.9. The summed E-state index contributed by atoms with van der Waals surface area (Å²) in [5, 5.41) is 3.77. The second kappa shape index (κ2) is 10.1. The van der Waals surface area contributed by atoms with Gasteiger partial charge in [0.25, 0.3) is 0 Å². The maximum absolute atomic E-state index is 15.8. The Labute approximate surface area is 247 Å². The highest BCUT2D eigenvalue weighted by molar-refractivity contribution is 5.94. The molecule has 0 aliphatic carbocycles. The molecular formula is C29H27F4N9O2. The molecule has 0 saturated carbocycles. The molecule has 5 heterocycles. The van der Waals surface area contributed by atoms with Crippen LogP contribution in [0.15, 0.2) is 54.0 Å². The van der Waals surface area contributed by atoms with E-state index < -0.39 is 18.5 Å². The molecule has 6 aromatic rings. The molecule has 44 heavy (non-hydrogen) atoms. The van der Waals surface area contributed by atoms with Crippen molar-refractivity contribution in [3.05, 3.63) is 65.5 Å². The van der Waals surface area contributed by atoms with E-state index in [0.717, 1.165) is 22.1 Å². The predicted molar refractivity (Wildman–Crippen MR) is 155 cm³/mol. The predicted octanol–water partition coefficient (Wildman–Crippen LogP) is 4.02. The Morgan fingerprint density at radius 2 is 1.75 bits per heavy atom. The molecule has 11 nitrogen and oxygen atoms in total. The zero-order chi connectivity index (χ0) is 30.9. The van der Waals surface area contributed by atoms with Crippen molar-refractivity contribution in [1.29, 1.82) is 0 Å². The number of anilines is 1. The fourth-order valence-corrected chi connectivity index (χ4v) is 5.89. The molecule has 0 spiro atoms. The highest BCUT2D eigenvalue weighted by atomic mass is 19.4. The van der Waals surface area contributed by atoms with E-state index >= 15 is 4.39 Å². The van der Waals surface area contributed by atoms with Crippen molar-refractivity contribution in [3.63, 3.8) is 0 Å². The zero-order valence-corrected chi connectivity index (χ0v) is 24.0. The number of rotatable bonds is 5. The maximum atomic E-state index is 15.8. The first-order valence-corrected chi connectivity index (χ1v) is 13.8. The van der Waals surface area contributed by atoms with Crippen LogP contribution in [0.3, 0.4) is 0 Å². The summed E-state index contributed by atoms with van der Waals surface area (Å²) in [5.41, 5.74) is 4.49. The minimum Gasteiger partial charge on any atom is -0.378 e. The molecule has 2 aromatic carbocycles. The molecule has 15 heteroatoms. The van der Waals surface area contributed by atoms with Crippen molar-refractivity contribution in [1.82, 2.24) is 38.0 Å². The number of halogens is 4. The van der Waals surface area contributed by atoms with Crippen molar-refractivity contribution in [2.45, 2.75) is 12.7 Å². The summed E-state index contributed by atoms with van der Waals surface area (Å²) in [6.07, 6.45) is 1.17. The lowest BCUT2D eigenvalue weighted by atomic mass is 10.1. The van der Waals surface area contributed by atoms with Crippen LogP contribution in [0.4, 0.5) is 23.2 Å². The number of morpholine rings is 1. The molecule has 0 amide bonds. The van der Waals surface area contributed by atoms with E-state index in [1.165, 1.54) is 18.3 Å². The van der Waals surface area contributed by atoms with Gasteiger partial charge in [-0.2, -0.15) is 18.3 Å². The third-order valence-electron chi connectivity index (χ3n) is 8.01. The standard InChI is InChI=1S/C29H27F4N9O2/c1-37-16-34-13-25(37)27-36-21-10-19(17-12-35-41(14-17)15-29(31,32)33)20(30)11-22(21)42(27)18-8-23-26(39(3)28(43)38(23)2)24(9-18)40-4-6-44-7-5-40/h8-14,16H,4-7,15H2,1-3H3. The first-order valence-electron chi connectivity index (χ1n) is 13.8. The van der Waals surface area contributed by atoms with Crippen molar-refractivity contribution in [3.8, 4) is 28.3 Å². The van der Waals surface area contributed by atoms with Crippen LogP contribution in [0.1, 0.15) is 0 Å². The third kappa shape index (κ3) is 4.54. The van der Waals surface area contributed by atoms with Crippen LogP contribution in [0.25, 0.3) is 50.4 Å². The van der Waals surface area contributed by atoms with Gasteiger partial charge in [-0.15, -0.1) is 0 Å². The summed E-state index contributed by atoms with van der Waals surface area (Å²) in [6, 6.07) is 6.66. The normalized spacial score (nSPS) is 14.4. The number of imidazole rings is 3. The van der Waals surface area contributed by atoms with Crippen LogP contribution in [0.2, 0.25) is 0 Å². The van der Waals surface area contributed by atoms with Crippen LogP contribution >= 0.6 is 0 Å². The molecule has 1 aliphatic heterocycles. The number of benzene rings is 2. The van der Waals surface area contributed by atoms with E-state index in [4.69, 9.17) is 9.72 Å². The Kier molecular flexibility index (Phi) is 6.39. The maximum Gasteiger partial charge on any atom is 0.408 e. The van der Waals surface area contributed by atoms with Crippen LogP contribution in [0.5, 0.6) is 0 Å². The molecule has 7 rings (SSSR count). The van der Waals surface area contributed by atoms with Gasteiger partial charge in [-0.1, -0.05) is 0 Å². The SMILES string of the molecule is Cn1cncc1-c1nc2cc(-c3cnn(CC(F)(F)F)c3)c(F)cc2n1-c1cc(N2CCOCC2)c2c(c1)n(C)c(=O)n2C. The van der Waals surface area contributed by atoms with Crippen LogP contribution in [-0.2, 0) is 32.4 Å². The number of aromatic nitrogens is 8. The van der Waals surface area contributed by atoms with Gasteiger partial charge in [-0.3, -0.25) is 18.4 Å². The number of hydrogen-bond acceptors (Lipinski definition) is 6. The number of fused-ring (bicyclic) bond motifs is 2. The van der Waals surface area contributed by atoms with Crippen molar-refractivity contribution in [2.24, 2.45) is 21.1 Å². The molecule has 228 valence electrons. The molecule has 1 saturated heterocycles. The third-order valence-corrected chi connectivity index (χ3v) is 8.01. The minimum absolute atomic E-state index is 0.0713. The second-order valence-electron chi connectivity index (χ2n) is 10.9. The molecule has 4 aromatic heterocycles. The average Bonchev–Trinajstić information content (AvgIpc) is 3.75. The molecular weight excluding hydrogens is 582 g/mol. The summed E-state index contributed by atoms with van der Waals surface area (Å²) >= 11 is 0. The number of aryl methyl sites for hydroxylation is 3. The average molecular weight is 610 g/mol. The first-order chi connectivity index (χ1) is 21.0. The van der Waals surface area contributed by atoms with E-state index in [1.54, 1.807) is 40.3 Å². The lowest BCUT2D eigenvalue weighted by molar-refractivity contribution is -0.142. The molecule has 0 atom stereocenters. The zero-order valence-electron chi connectivity index (χ0n) is 24.0. The molecule has 1 aliphatic rings. The summed E-state index contributed by atoms with van der Waals surface area (Å²) in [4.78, 5) is 24.3. The Hall–Kier alpha value is -4.92. The van der Waals surface area contributed by atoms with E-state index in [0.29, 0.717) is 60.1 Å². The van der Waals surface area contributed by atoms with Gasteiger partial charge in [0.05, 0.1) is 65.4 Å². The number of nitrogens with zero attached hydrogens (tertiary/aromatic N) is 9. The van der Waals surface area contributed by atoms with Crippen LogP contribution in [-0.4, -0.2) is 70.5 Å². The van der Waals surface area contributed by atoms with Gasteiger partial charge in [0.1, 0.15) is 18.1 Å². The Morgan fingerprint density at radius 1 is 0.977 bits per heavy atom. The Morgan fingerprint density at radius 3 is 2.45 bits per heavy atom. The molecule has 1 fully saturated rings. The van der Waals surface area contributed by atoms with E-state index in [2.05, 4.69) is 15.0 Å². The van der Waals surface area contributed by atoms with Gasteiger partial charge < -0.3 is 14.2 Å². The van der Waals surface area contributed by atoms with Gasteiger partial charge in [0.2, 0.25) is 0 Å².